The number of carboxylic acid groups (broad SMARTS) is 1. The average molecular weight is 461 g/mol. The molecule has 0 spiro atoms. The first-order chi connectivity index (χ1) is 16.5. The summed E-state index contributed by atoms with van der Waals surface area (Å²) >= 11 is 0. The van der Waals surface area contributed by atoms with Crippen LogP contribution in [0.15, 0.2) is 65.7 Å². The number of amidine groups is 1. The van der Waals surface area contributed by atoms with Crippen LogP contribution < -0.4 is 4.74 Å². The molecule has 1 N–H and O–H groups in total. The van der Waals surface area contributed by atoms with E-state index in [0.29, 0.717) is 31.8 Å². The maximum atomic E-state index is 13.5. The van der Waals surface area contributed by atoms with E-state index in [2.05, 4.69) is 17.1 Å². The Hall–Kier alpha value is -3.86. The fourth-order valence-electron chi connectivity index (χ4n) is 5.09. The number of likely N-dealkylation sites (tertiary alicyclic amines) is 2. The first-order valence-electron chi connectivity index (χ1n) is 11.5. The van der Waals surface area contributed by atoms with Crippen molar-refractivity contribution in [1.82, 2.24) is 9.80 Å². The lowest BCUT2D eigenvalue weighted by atomic mass is 9.79. The van der Waals surface area contributed by atoms with E-state index in [1.807, 2.05) is 29.2 Å². The molecule has 0 aliphatic carbocycles. The fourth-order valence-corrected chi connectivity index (χ4v) is 5.09. The predicted molar refractivity (Wildman–Crippen MR) is 126 cm³/mol. The van der Waals surface area contributed by atoms with E-state index >= 15 is 0 Å². The van der Waals surface area contributed by atoms with Crippen molar-refractivity contribution in [2.24, 2.45) is 16.8 Å². The lowest BCUT2D eigenvalue weighted by Crippen LogP contribution is -2.57. The van der Waals surface area contributed by atoms with Crippen LogP contribution in [0.5, 0.6) is 5.75 Å². The number of hydrogen-bond donors (Lipinski definition) is 1. The number of benzene rings is 2. The molecule has 0 aromatic heterocycles. The molecule has 2 heterocycles. The summed E-state index contributed by atoms with van der Waals surface area (Å²) in [6.45, 7) is 3.33. The van der Waals surface area contributed by atoms with Gasteiger partial charge in [0, 0.05) is 31.6 Å². The summed E-state index contributed by atoms with van der Waals surface area (Å²) in [5.41, 5.74) is 1.20. The van der Waals surface area contributed by atoms with E-state index in [1.165, 1.54) is 5.56 Å². The van der Waals surface area contributed by atoms with Gasteiger partial charge in [-0.2, -0.15) is 5.26 Å². The molecule has 4 rings (SSSR count). The Bertz CT molecular complexity index is 1080. The SMILES string of the molecule is CC1[C@H](C(=O)O)[C@@H](C(=O)N2CC[C@H](c3ccccc3)C2)CCN1C(=NC#N)Oc1ccccc1. The molecule has 4 atom stereocenters. The number of hydrogen-bond acceptors (Lipinski definition) is 5. The maximum Gasteiger partial charge on any atom is 0.309 e. The first-order valence-corrected chi connectivity index (χ1v) is 11.5. The zero-order chi connectivity index (χ0) is 24.1. The Kier molecular flexibility index (Phi) is 7.12. The van der Waals surface area contributed by atoms with Crippen LogP contribution in [0.2, 0.25) is 0 Å². The molecular weight excluding hydrogens is 432 g/mol. The lowest BCUT2D eigenvalue weighted by molar-refractivity contribution is -0.155. The second-order valence-corrected chi connectivity index (χ2v) is 8.78. The topological polar surface area (TPSA) is 106 Å². The summed E-state index contributed by atoms with van der Waals surface area (Å²) in [6.07, 6.45) is 2.96. The highest BCUT2D eigenvalue weighted by atomic mass is 16.5. The quantitative estimate of drug-likeness (QED) is 0.426. The Labute approximate surface area is 199 Å². The van der Waals surface area contributed by atoms with Crippen LogP contribution in [0.25, 0.3) is 0 Å². The number of rotatable bonds is 4. The molecule has 2 fully saturated rings. The van der Waals surface area contributed by atoms with E-state index in [1.54, 1.807) is 42.3 Å². The number of ether oxygens (including phenoxy) is 1. The smallest absolute Gasteiger partial charge is 0.309 e. The van der Waals surface area contributed by atoms with Crippen LogP contribution in [0, 0.1) is 23.3 Å². The van der Waals surface area contributed by atoms with E-state index in [0.717, 1.165) is 6.42 Å². The molecule has 176 valence electrons. The van der Waals surface area contributed by atoms with Gasteiger partial charge in [0.15, 0.2) is 0 Å². The molecule has 2 saturated heterocycles. The number of aliphatic carboxylic acids is 1. The third-order valence-corrected chi connectivity index (χ3v) is 6.84. The standard InChI is InChI=1S/C26H28N4O4/c1-18-23(25(32)33)22(24(31)29-14-12-20(16-29)19-8-4-2-5-9-19)13-15-30(18)26(28-17-27)34-21-10-6-3-7-11-21/h2-11,18,20,22-23H,12-16H2,1H3,(H,32,33)/t18?,20-,22-,23-/m0/s1. The highest BCUT2D eigenvalue weighted by molar-refractivity contribution is 5.87. The van der Waals surface area contributed by atoms with Gasteiger partial charge in [-0.1, -0.05) is 48.5 Å². The summed E-state index contributed by atoms with van der Waals surface area (Å²) in [7, 11) is 0. The van der Waals surface area contributed by atoms with Crippen LogP contribution in [-0.4, -0.2) is 58.5 Å². The Morgan fingerprint density at radius 3 is 2.38 bits per heavy atom. The third-order valence-electron chi connectivity index (χ3n) is 6.84. The minimum atomic E-state index is -1.04. The molecule has 2 aromatic rings. The van der Waals surface area contributed by atoms with Crippen molar-refractivity contribution >= 4 is 17.9 Å². The van der Waals surface area contributed by atoms with E-state index in [4.69, 9.17) is 4.74 Å². The van der Waals surface area contributed by atoms with Crippen molar-refractivity contribution in [2.45, 2.75) is 31.7 Å². The highest BCUT2D eigenvalue weighted by Gasteiger charge is 2.47. The van der Waals surface area contributed by atoms with Gasteiger partial charge in [-0.25, -0.2) is 0 Å². The number of aliphatic imine (C=N–C) groups is 1. The first kappa shape index (κ1) is 23.3. The molecule has 8 heteroatoms. The molecule has 2 aliphatic rings. The molecule has 0 radical (unpaired) electrons. The molecule has 2 aliphatic heterocycles. The molecular formula is C26H28N4O4. The van der Waals surface area contributed by atoms with Gasteiger partial charge in [0.2, 0.25) is 12.1 Å². The molecule has 0 saturated carbocycles. The number of amides is 1. The molecule has 2 aromatic carbocycles. The van der Waals surface area contributed by atoms with E-state index in [9.17, 15) is 20.0 Å². The summed E-state index contributed by atoms with van der Waals surface area (Å²) in [4.78, 5) is 33.1. The van der Waals surface area contributed by atoms with Gasteiger partial charge in [0.05, 0.1) is 11.8 Å². The number of piperidine rings is 1. The second kappa shape index (κ2) is 10.4. The highest BCUT2D eigenvalue weighted by Crippen LogP contribution is 2.35. The zero-order valence-corrected chi connectivity index (χ0v) is 19.1. The number of nitrogens with zero attached hydrogens (tertiary/aromatic N) is 4. The van der Waals surface area contributed by atoms with E-state index in [-0.39, 0.29) is 17.8 Å². The Balaban J connectivity index is 1.49. The molecule has 1 amide bonds. The molecule has 34 heavy (non-hydrogen) atoms. The number of carboxylic acids is 1. The number of para-hydroxylation sites is 1. The maximum absolute atomic E-state index is 13.5. The van der Waals surface area contributed by atoms with Crippen LogP contribution >= 0.6 is 0 Å². The van der Waals surface area contributed by atoms with Crippen molar-refractivity contribution in [3.05, 3.63) is 66.2 Å². The predicted octanol–water partition coefficient (Wildman–Crippen LogP) is 3.33. The van der Waals surface area contributed by atoms with Crippen LogP contribution in [0.1, 0.15) is 31.2 Å². The monoisotopic (exact) mass is 460 g/mol. The van der Waals surface area contributed by atoms with Gasteiger partial charge < -0.3 is 19.6 Å². The van der Waals surface area contributed by atoms with Crippen molar-refractivity contribution in [3.8, 4) is 11.9 Å². The van der Waals surface area contributed by atoms with E-state index < -0.39 is 23.8 Å². The van der Waals surface area contributed by atoms with Gasteiger partial charge in [-0.05, 0) is 37.5 Å². The van der Waals surface area contributed by atoms with Crippen molar-refractivity contribution in [3.63, 3.8) is 0 Å². The third kappa shape index (κ3) is 4.88. The summed E-state index contributed by atoms with van der Waals surface area (Å²) in [5, 5.41) is 19.3. The Morgan fingerprint density at radius 1 is 1.06 bits per heavy atom. The molecule has 8 nitrogen and oxygen atoms in total. The number of carbonyl (C=O) groups is 2. The van der Waals surface area contributed by atoms with Crippen LogP contribution in [-0.2, 0) is 9.59 Å². The normalized spacial score (nSPS) is 25.0. The second-order valence-electron chi connectivity index (χ2n) is 8.78. The number of carbonyl (C=O) groups excluding carboxylic acids is 1. The van der Waals surface area contributed by atoms with Crippen molar-refractivity contribution in [1.29, 1.82) is 5.26 Å². The van der Waals surface area contributed by atoms with Crippen molar-refractivity contribution in [2.75, 3.05) is 19.6 Å². The van der Waals surface area contributed by atoms with Gasteiger partial charge in [-0.3, -0.25) is 9.59 Å². The van der Waals surface area contributed by atoms with Gasteiger partial charge >= 0.3 is 12.0 Å². The van der Waals surface area contributed by atoms with Crippen LogP contribution in [0.3, 0.4) is 0 Å². The molecule has 1 unspecified atom stereocenters. The summed E-state index contributed by atoms with van der Waals surface area (Å²) in [6, 6.07) is 18.5. The summed E-state index contributed by atoms with van der Waals surface area (Å²) in [5.74, 6) is -1.97. The number of nitriles is 1. The minimum absolute atomic E-state index is 0.0451. The lowest BCUT2D eigenvalue weighted by Gasteiger charge is -2.42. The van der Waals surface area contributed by atoms with Gasteiger partial charge in [-0.15, -0.1) is 4.99 Å². The molecule has 0 bridgehead atoms. The van der Waals surface area contributed by atoms with Gasteiger partial charge in [0.1, 0.15) is 5.75 Å². The van der Waals surface area contributed by atoms with Gasteiger partial charge in [0.25, 0.3) is 0 Å². The fraction of sp³-hybridized carbons (Fsp3) is 0.385. The summed E-state index contributed by atoms with van der Waals surface area (Å²) < 4.78 is 5.82. The minimum Gasteiger partial charge on any atom is -0.481 e. The van der Waals surface area contributed by atoms with Crippen molar-refractivity contribution < 1.29 is 19.4 Å². The average Bonchev–Trinajstić information content (AvgIpc) is 3.34. The van der Waals surface area contributed by atoms with Crippen LogP contribution in [0.4, 0.5) is 0 Å². The largest absolute Gasteiger partial charge is 0.481 e. The Morgan fingerprint density at radius 2 is 1.74 bits per heavy atom. The zero-order valence-electron chi connectivity index (χ0n) is 19.1.